The second-order valence-corrected chi connectivity index (χ2v) is 19.8. The lowest BCUT2D eigenvalue weighted by Gasteiger charge is -2.30. The summed E-state index contributed by atoms with van der Waals surface area (Å²) in [6.45, 7) is 19.9. The van der Waals surface area contributed by atoms with E-state index >= 15 is 0 Å². The van der Waals surface area contributed by atoms with Crippen LogP contribution in [0.2, 0.25) is 0 Å². The van der Waals surface area contributed by atoms with Gasteiger partial charge in [0.25, 0.3) is 0 Å². The second kappa shape index (κ2) is 17.3. The summed E-state index contributed by atoms with van der Waals surface area (Å²) in [6, 6.07) is 71.2. The number of benzene rings is 11. The van der Waals surface area contributed by atoms with Crippen molar-refractivity contribution < 1.29 is 0 Å². The van der Waals surface area contributed by atoms with Crippen molar-refractivity contribution in [3.63, 3.8) is 0 Å². The summed E-state index contributed by atoms with van der Waals surface area (Å²) in [5.41, 5.74) is 25.4. The van der Waals surface area contributed by atoms with Crippen molar-refractivity contribution in [1.82, 2.24) is 0 Å². The number of anilines is 6. The normalized spacial score (nSPS) is 11.6. The first-order valence-corrected chi connectivity index (χ1v) is 24.3. The Morgan fingerprint density at radius 3 is 1.03 bits per heavy atom. The first-order valence-electron chi connectivity index (χ1n) is 24.3. The topological polar surface area (TPSA) is 6.48 Å². The number of aryl methyl sites for hydroxylation is 9. The van der Waals surface area contributed by atoms with E-state index in [1.165, 1.54) is 127 Å². The van der Waals surface area contributed by atoms with Crippen molar-refractivity contribution in [2.45, 2.75) is 62.3 Å². The molecule has 0 radical (unpaired) electrons. The van der Waals surface area contributed by atoms with Crippen molar-refractivity contribution in [3.05, 3.63) is 238 Å². The molecule has 0 fully saturated rings. The maximum Gasteiger partial charge on any atom is 0.0546 e. The standard InChI is InChI=1S/C67H58N2/c1-41-26-42(2)31-53(30-41)68(54-32-43(3)27-44(4)33-54)52-20-21-57(49(9)38-52)64-39-62(50-16-12-10-13-17-50)58-24-25-61-65(40-63(51-18-14-11-15-19-51)59-22-23-60(64)66(58)67(59)61)69(55-34-45(5)28-46(6)35-55)56-36-47(7)29-48(8)37-56/h10-40H,1-9H3. The largest absolute Gasteiger partial charge is 0.310 e. The molecular formula is C67H58N2. The van der Waals surface area contributed by atoms with E-state index in [1.807, 2.05) is 0 Å². The Kier molecular flexibility index (Phi) is 10.9. The summed E-state index contributed by atoms with van der Waals surface area (Å²) in [5.74, 6) is 0. The van der Waals surface area contributed by atoms with Gasteiger partial charge < -0.3 is 9.80 Å². The molecule has 0 aliphatic heterocycles. The van der Waals surface area contributed by atoms with Crippen LogP contribution in [0.1, 0.15) is 50.1 Å². The van der Waals surface area contributed by atoms with Crippen molar-refractivity contribution in [1.29, 1.82) is 0 Å². The predicted molar refractivity (Wildman–Crippen MR) is 298 cm³/mol. The van der Waals surface area contributed by atoms with Gasteiger partial charge in [-0.1, -0.05) is 115 Å². The highest BCUT2D eigenvalue weighted by atomic mass is 15.1. The van der Waals surface area contributed by atoms with Crippen LogP contribution in [0, 0.1) is 62.3 Å². The minimum atomic E-state index is 1.14. The predicted octanol–water partition coefficient (Wildman–Crippen LogP) is 19.3. The highest BCUT2D eigenvalue weighted by molar-refractivity contribution is 6.32. The monoisotopic (exact) mass is 890 g/mol. The first-order chi connectivity index (χ1) is 33.4. The molecule has 0 spiro atoms. The third kappa shape index (κ3) is 8.00. The molecule has 11 aromatic carbocycles. The molecule has 11 aromatic rings. The van der Waals surface area contributed by atoms with E-state index in [1.54, 1.807) is 0 Å². The van der Waals surface area contributed by atoms with Gasteiger partial charge in [-0.3, -0.25) is 0 Å². The molecule has 0 aliphatic rings. The summed E-state index contributed by atoms with van der Waals surface area (Å²) >= 11 is 0. The Morgan fingerprint density at radius 2 is 0.609 bits per heavy atom. The van der Waals surface area contributed by atoms with E-state index in [2.05, 4.69) is 260 Å². The smallest absolute Gasteiger partial charge is 0.0546 e. The zero-order valence-corrected chi connectivity index (χ0v) is 41.3. The summed E-state index contributed by atoms with van der Waals surface area (Å²) < 4.78 is 0. The minimum absolute atomic E-state index is 1.14. The molecule has 0 aliphatic carbocycles. The summed E-state index contributed by atoms with van der Waals surface area (Å²) in [7, 11) is 0. The quantitative estimate of drug-likeness (QED) is 0.133. The lowest BCUT2D eigenvalue weighted by atomic mass is 9.82. The van der Waals surface area contributed by atoms with E-state index < -0.39 is 0 Å². The molecule has 0 bridgehead atoms. The average molecular weight is 891 g/mol. The van der Waals surface area contributed by atoms with Crippen molar-refractivity contribution in [2.24, 2.45) is 0 Å². The van der Waals surface area contributed by atoms with Gasteiger partial charge in [0, 0.05) is 39.2 Å². The van der Waals surface area contributed by atoms with E-state index in [0.717, 1.165) is 22.7 Å². The maximum atomic E-state index is 2.51. The fourth-order valence-electron chi connectivity index (χ4n) is 11.4. The number of rotatable bonds is 9. The third-order valence-corrected chi connectivity index (χ3v) is 13.9. The molecule has 2 nitrogen and oxygen atoms in total. The molecule has 0 aromatic heterocycles. The molecule has 11 rings (SSSR count). The van der Waals surface area contributed by atoms with Gasteiger partial charge in [0.15, 0.2) is 0 Å². The van der Waals surface area contributed by atoms with Gasteiger partial charge in [0.05, 0.1) is 5.69 Å². The fraction of sp³-hybridized carbons (Fsp3) is 0.134. The molecular weight excluding hydrogens is 833 g/mol. The maximum absolute atomic E-state index is 2.51. The molecule has 2 heteroatoms. The molecule has 0 amide bonds. The third-order valence-electron chi connectivity index (χ3n) is 13.9. The highest BCUT2D eigenvalue weighted by Gasteiger charge is 2.25. The van der Waals surface area contributed by atoms with Crippen molar-refractivity contribution in [2.75, 3.05) is 9.80 Å². The fourth-order valence-corrected chi connectivity index (χ4v) is 11.4. The molecule has 0 N–H and O–H groups in total. The Morgan fingerprint density at radius 1 is 0.246 bits per heavy atom. The van der Waals surface area contributed by atoms with Crippen LogP contribution in [0.3, 0.4) is 0 Å². The summed E-state index contributed by atoms with van der Waals surface area (Å²) in [4.78, 5) is 4.94. The van der Waals surface area contributed by atoms with E-state index in [0.29, 0.717) is 0 Å². The van der Waals surface area contributed by atoms with Gasteiger partial charge in [-0.2, -0.15) is 0 Å². The molecule has 0 atom stereocenters. The molecule has 0 saturated carbocycles. The molecule has 0 heterocycles. The number of nitrogens with zero attached hydrogens (tertiary/aromatic N) is 2. The Balaban J connectivity index is 1.22. The van der Waals surface area contributed by atoms with Crippen molar-refractivity contribution in [3.8, 4) is 33.4 Å². The van der Waals surface area contributed by atoms with Gasteiger partial charge >= 0.3 is 0 Å². The number of hydrogen-bond donors (Lipinski definition) is 0. The SMILES string of the molecule is Cc1cc(C)cc(N(c2cc(C)cc(C)c2)c2ccc(-c3cc(-c4ccccc4)c4ccc5c(N(c6cc(C)cc(C)c6)c6cc(C)cc(C)c6)cc(-c6ccccc6)c6ccc3c4c65)c(C)c2)c1. The van der Waals surface area contributed by atoms with Crippen molar-refractivity contribution >= 4 is 66.4 Å². The zero-order chi connectivity index (χ0) is 47.7. The lowest BCUT2D eigenvalue weighted by molar-refractivity contribution is 1.23. The lowest BCUT2D eigenvalue weighted by Crippen LogP contribution is -2.12. The summed E-state index contributed by atoms with van der Waals surface area (Å²) in [5, 5.41) is 7.55. The molecule has 69 heavy (non-hydrogen) atoms. The van der Waals surface area contributed by atoms with Crippen LogP contribution in [0.4, 0.5) is 34.1 Å². The minimum Gasteiger partial charge on any atom is -0.310 e. The van der Waals surface area contributed by atoms with Crippen LogP contribution >= 0.6 is 0 Å². The van der Waals surface area contributed by atoms with Crippen LogP contribution in [0.15, 0.2) is 188 Å². The van der Waals surface area contributed by atoms with Crippen LogP contribution < -0.4 is 9.80 Å². The molecule has 336 valence electrons. The molecule has 0 unspecified atom stereocenters. The van der Waals surface area contributed by atoms with E-state index in [9.17, 15) is 0 Å². The average Bonchev–Trinajstić information content (AvgIpc) is 3.30. The molecule has 0 saturated heterocycles. The van der Waals surface area contributed by atoms with Crippen LogP contribution in [0.25, 0.3) is 65.7 Å². The van der Waals surface area contributed by atoms with Gasteiger partial charge in [-0.25, -0.2) is 0 Å². The second-order valence-electron chi connectivity index (χ2n) is 19.8. The van der Waals surface area contributed by atoms with Gasteiger partial charge in [0.2, 0.25) is 0 Å². The van der Waals surface area contributed by atoms with E-state index in [4.69, 9.17) is 0 Å². The Hall–Kier alpha value is -7.94. The Bertz CT molecular complexity index is 3580. The van der Waals surface area contributed by atoms with Crippen LogP contribution in [-0.2, 0) is 0 Å². The highest BCUT2D eigenvalue weighted by Crippen LogP contribution is 2.51. The van der Waals surface area contributed by atoms with Gasteiger partial charge in [0.1, 0.15) is 0 Å². The number of hydrogen-bond acceptors (Lipinski definition) is 2. The van der Waals surface area contributed by atoms with E-state index in [-0.39, 0.29) is 0 Å². The Labute approximate surface area is 408 Å². The summed E-state index contributed by atoms with van der Waals surface area (Å²) in [6.07, 6.45) is 0. The van der Waals surface area contributed by atoms with Crippen LogP contribution in [0.5, 0.6) is 0 Å². The van der Waals surface area contributed by atoms with Crippen LogP contribution in [-0.4, -0.2) is 0 Å². The zero-order valence-electron chi connectivity index (χ0n) is 41.3. The first kappa shape index (κ1) is 43.6. The van der Waals surface area contributed by atoms with Gasteiger partial charge in [-0.15, -0.1) is 0 Å². The van der Waals surface area contributed by atoms with Gasteiger partial charge in [-0.05, 0) is 240 Å².